The minimum absolute atomic E-state index is 0. The van der Waals surface area contributed by atoms with E-state index in [4.69, 9.17) is 0 Å². The molecule has 0 bridgehead atoms. The summed E-state index contributed by atoms with van der Waals surface area (Å²) in [4.78, 5) is 2.12. The molecule has 66 valence electrons. The third-order valence-corrected chi connectivity index (χ3v) is 2.11. The number of halogens is 1. The highest BCUT2D eigenvalue weighted by Gasteiger charge is 2.21. The predicted molar refractivity (Wildman–Crippen MR) is 54.4 cm³/mol. The molecule has 0 aromatic rings. The summed E-state index contributed by atoms with van der Waals surface area (Å²) < 4.78 is 0. The molecule has 0 aliphatic carbocycles. The molecule has 0 fully saturated rings. The van der Waals surface area contributed by atoms with E-state index in [9.17, 15) is 0 Å². The minimum Gasteiger partial charge on any atom is -0.297 e. The van der Waals surface area contributed by atoms with E-state index in [1.54, 1.807) is 0 Å². The van der Waals surface area contributed by atoms with Crippen LogP contribution in [0.3, 0.4) is 0 Å². The lowest BCUT2D eigenvalue weighted by Gasteiger charge is -2.32. The van der Waals surface area contributed by atoms with Crippen LogP contribution in [-0.2, 0) is 0 Å². The highest BCUT2D eigenvalue weighted by Crippen LogP contribution is 2.18. The molecule has 0 heterocycles. The van der Waals surface area contributed by atoms with E-state index in [0.717, 1.165) is 6.42 Å². The molecule has 2 heteroatoms. The summed E-state index contributed by atoms with van der Waals surface area (Å²) in [5, 5.41) is 0. The van der Waals surface area contributed by atoms with Gasteiger partial charge in [0.2, 0.25) is 0 Å². The molecule has 0 saturated carbocycles. The molecule has 1 nitrogen and oxygen atoms in total. The Morgan fingerprint density at radius 2 is 1.64 bits per heavy atom. The maximum absolute atomic E-state index is 3.78. The van der Waals surface area contributed by atoms with Crippen molar-refractivity contribution in [2.45, 2.75) is 18.9 Å². The molecule has 0 unspecified atom stereocenters. The maximum atomic E-state index is 3.78. The van der Waals surface area contributed by atoms with Gasteiger partial charge in [0.05, 0.1) is 5.54 Å². The number of likely N-dealkylation sites (N-methyl/N-ethyl adjacent to an activating group) is 1. The monoisotopic (exact) mass is 175 g/mol. The van der Waals surface area contributed by atoms with Gasteiger partial charge in [-0.15, -0.1) is 25.6 Å². The van der Waals surface area contributed by atoms with Gasteiger partial charge < -0.3 is 0 Å². The molecular formula is C9H18ClN. The van der Waals surface area contributed by atoms with Crippen LogP contribution in [0.1, 0.15) is 13.3 Å². The molecule has 0 N–H and O–H groups in total. The van der Waals surface area contributed by atoms with Crippen molar-refractivity contribution in [1.82, 2.24) is 4.90 Å². The summed E-state index contributed by atoms with van der Waals surface area (Å²) in [6, 6.07) is 0. The van der Waals surface area contributed by atoms with Gasteiger partial charge in [-0.05, 0) is 20.5 Å². The average Bonchev–Trinajstić information content (AvgIpc) is 1.92. The van der Waals surface area contributed by atoms with E-state index in [2.05, 4.69) is 25.0 Å². The fourth-order valence-electron chi connectivity index (χ4n) is 1.05. The fraction of sp³-hybridized carbons (Fsp3) is 0.556. The molecule has 0 amide bonds. The molecule has 0 rings (SSSR count). The molecule has 0 aliphatic rings. The number of hydrogen-bond donors (Lipinski definition) is 0. The normalized spacial score (nSPS) is 10.5. The van der Waals surface area contributed by atoms with Gasteiger partial charge in [0.25, 0.3) is 0 Å². The second-order valence-corrected chi connectivity index (χ2v) is 2.65. The SMILES string of the molecule is C=CC(C=C)(CC)N(C)C.Cl. The largest absolute Gasteiger partial charge is 0.297 e. The van der Waals surface area contributed by atoms with Gasteiger partial charge in [-0.1, -0.05) is 19.1 Å². The van der Waals surface area contributed by atoms with E-state index in [1.807, 2.05) is 26.2 Å². The zero-order chi connectivity index (χ0) is 8.20. The molecule has 0 atom stereocenters. The first kappa shape index (κ1) is 13.3. The summed E-state index contributed by atoms with van der Waals surface area (Å²) in [6.45, 7) is 9.69. The van der Waals surface area contributed by atoms with Gasteiger partial charge in [-0.3, -0.25) is 4.90 Å². The molecular weight excluding hydrogens is 158 g/mol. The zero-order valence-corrected chi connectivity index (χ0v) is 8.45. The second kappa shape index (κ2) is 5.39. The standard InChI is InChI=1S/C9H17N.ClH/c1-6-9(7-2,8-3)10(4)5;/h6-7H,1-2,8H2,3-5H3;1H. The van der Waals surface area contributed by atoms with E-state index >= 15 is 0 Å². The van der Waals surface area contributed by atoms with Crippen LogP contribution in [0.15, 0.2) is 25.3 Å². The van der Waals surface area contributed by atoms with Gasteiger partial charge in [-0.2, -0.15) is 0 Å². The van der Waals surface area contributed by atoms with Crippen molar-refractivity contribution in [3.63, 3.8) is 0 Å². The van der Waals surface area contributed by atoms with Crippen LogP contribution < -0.4 is 0 Å². The third-order valence-electron chi connectivity index (χ3n) is 2.11. The van der Waals surface area contributed by atoms with E-state index in [1.165, 1.54) is 0 Å². The van der Waals surface area contributed by atoms with Crippen molar-refractivity contribution in [2.75, 3.05) is 14.1 Å². The quantitative estimate of drug-likeness (QED) is 0.594. The highest BCUT2D eigenvalue weighted by molar-refractivity contribution is 5.85. The van der Waals surface area contributed by atoms with Gasteiger partial charge in [0.15, 0.2) is 0 Å². The number of rotatable bonds is 4. The van der Waals surface area contributed by atoms with Crippen LogP contribution in [0.4, 0.5) is 0 Å². The topological polar surface area (TPSA) is 3.24 Å². The van der Waals surface area contributed by atoms with Crippen LogP contribution >= 0.6 is 12.4 Å². The molecule has 0 radical (unpaired) electrons. The summed E-state index contributed by atoms with van der Waals surface area (Å²) in [7, 11) is 4.07. The number of hydrogen-bond acceptors (Lipinski definition) is 1. The third kappa shape index (κ3) is 2.68. The Bertz CT molecular complexity index is 122. The molecule has 0 spiro atoms. The first-order valence-electron chi connectivity index (χ1n) is 3.57. The smallest absolute Gasteiger partial charge is 0.0562 e. The van der Waals surface area contributed by atoms with Gasteiger partial charge in [-0.25, -0.2) is 0 Å². The van der Waals surface area contributed by atoms with E-state index in [0.29, 0.717) is 0 Å². The maximum Gasteiger partial charge on any atom is 0.0562 e. The molecule has 0 aromatic heterocycles. The van der Waals surface area contributed by atoms with Crippen LogP contribution in [0.5, 0.6) is 0 Å². The van der Waals surface area contributed by atoms with Crippen molar-refractivity contribution < 1.29 is 0 Å². The van der Waals surface area contributed by atoms with E-state index in [-0.39, 0.29) is 17.9 Å². The van der Waals surface area contributed by atoms with Crippen molar-refractivity contribution in [3.05, 3.63) is 25.3 Å². The summed E-state index contributed by atoms with van der Waals surface area (Å²) in [5.41, 5.74) is -0.0139. The summed E-state index contributed by atoms with van der Waals surface area (Å²) in [6.07, 6.45) is 4.88. The van der Waals surface area contributed by atoms with Crippen LogP contribution in [0.2, 0.25) is 0 Å². The Balaban J connectivity index is 0. The zero-order valence-electron chi connectivity index (χ0n) is 7.63. The average molecular weight is 176 g/mol. The summed E-state index contributed by atoms with van der Waals surface area (Å²) >= 11 is 0. The Morgan fingerprint density at radius 1 is 1.27 bits per heavy atom. The van der Waals surface area contributed by atoms with Gasteiger partial charge in [0.1, 0.15) is 0 Å². The lowest BCUT2D eigenvalue weighted by molar-refractivity contribution is 0.256. The molecule has 0 saturated heterocycles. The van der Waals surface area contributed by atoms with Crippen molar-refractivity contribution in [2.24, 2.45) is 0 Å². The second-order valence-electron chi connectivity index (χ2n) is 2.65. The molecule has 0 aromatic carbocycles. The Kier molecular flexibility index (Phi) is 6.53. The van der Waals surface area contributed by atoms with Crippen molar-refractivity contribution in [3.8, 4) is 0 Å². The lowest BCUT2D eigenvalue weighted by Crippen LogP contribution is -2.39. The summed E-state index contributed by atoms with van der Waals surface area (Å²) in [5.74, 6) is 0. The Labute approximate surface area is 76.2 Å². The number of nitrogens with zero attached hydrogens (tertiary/aromatic N) is 1. The fourth-order valence-corrected chi connectivity index (χ4v) is 1.05. The Hall–Kier alpha value is -0.270. The first-order chi connectivity index (χ1) is 4.63. The molecule has 11 heavy (non-hydrogen) atoms. The van der Waals surface area contributed by atoms with Crippen LogP contribution in [0, 0.1) is 0 Å². The van der Waals surface area contributed by atoms with Gasteiger partial charge >= 0.3 is 0 Å². The van der Waals surface area contributed by atoms with Crippen LogP contribution in [-0.4, -0.2) is 24.5 Å². The minimum atomic E-state index is -0.0139. The molecule has 0 aliphatic heterocycles. The lowest BCUT2D eigenvalue weighted by atomic mass is 9.95. The van der Waals surface area contributed by atoms with Crippen LogP contribution in [0.25, 0.3) is 0 Å². The Morgan fingerprint density at radius 3 is 1.64 bits per heavy atom. The van der Waals surface area contributed by atoms with E-state index < -0.39 is 0 Å². The first-order valence-corrected chi connectivity index (χ1v) is 3.57. The van der Waals surface area contributed by atoms with Crippen molar-refractivity contribution >= 4 is 12.4 Å². The predicted octanol–water partition coefficient (Wildman–Crippen LogP) is 2.49. The van der Waals surface area contributed by atoms with Gasteiger partial charge in [0, 0.05) is 0 Å². The van der Waals surface area contributed by atoms with Crippen molar-refractivity contribution in [1.29, 1.82) is 0 Å². The highest BCUT2D eigenvalue weighted by atomic mass is 35.5.